The van der Waals surface area contributed by atoms with Crippen LogP contribution < -0.4 is 5.32 Å². The van der Waals surface area contributed by atoms with E-state index < -0.39 is 29.4 Å². The molecule has 1 fully saturated rings. The zero-order chi connectivity index (χ0) is 18.1. The van der Waals surface area contributed by atoms with Gasteiger partial charge in [0.05, 0.1) is 24.3 Å². The molecule has 24 heavy (non-hydrogen) atoms. The number of halogens is 4. The number of hydrogen-bond acceptors (Lipinski definition) is 3. The van der Waals surface area contributed by atoms with Crippen molar-refractivity contribution in [2.75, 3.05) is 18.5 Å². The van der Waals surface area contributed by atoms with E-state index in [1.807, 2.05) is 0 Å². The van der Waals surface area contributed by atoms with Crippen molar-refractivity contribution in [1.29, 1.82) is 0 Å². The summed E-state index contributed by atoms with van der Waals surface area (Å²) < 4.78 is 56.6. The van der Waals surface area contributed by atoms with Crippen LogP contribution in [0.3, 0.4) is 0 Å². The highest BCUT2D eigenvalue weighted by atomic mass is 19.4. The summed E-state index contributed by atoms with van der Waals surface area (Å²) >= 11 is 0. The van der Waals surface area contributed by atoms with E-state index in [0.29, 0.717) is 12.1 Å². The third-order valence-corrected chi connectivity index (χ3v) is 3.87. The quantitative estimate of drug-likeness (QED) is 0.626. The van der Waals surface area contributed by atoms with E-state index in [2.05, 4.69) is 5.32 Å². The number of alkyl halides is 3. The second kappa shape index (κ2) is 6.76. The zero-order valence-electron chi connectivity index (χ0n) is 13.0. The predicted molar refractivity (Wildman–Crippen MR) is 76.6 cm³/mol. The lowest BCUT2D eigenvalue weighted by Gasteiger charge is -2.37. The van der Waals surface area contributed by atoms with E-state index in [1.54, 1.807) is 13.8 Å². The summed E-state index contributed by atoms with van der Waals surface area (Å²) in [5.74, 6) is -3.42. The molecule has 1 aromatic carbocycles. The molecule has 0 saturated carbocycles. The minimum atomic E-state index is -4.90. The van der Waals surface area contributed by atoms with Gasteiger partial charge in [0.1, 0.15) is 5.82 Å². The highest BCUT2D eigenvalue weighted by Crippen LogP contribution is 2.33. The fourth-order valence-electron chi connectivity index (χ4n) is 2.35. The molecular weight excluding hydrogens is 332 g/mol. The largest absolute Gasteiger partial charge is 0.419 e. The van der Waals surface area contributed by atoms with Gasteiger partial charge < -0.3 is 15.0 Å². The maximum Gasteiger partial charge on any atom is 0.419 e. The lowest BCUT2D eigenvalue weighted by molar-refractivity contribution is -0.152. The van der Waals surface area contributed by atoms with Crippen LogP contribution in [0.4, 0.5) is 23.2 Å². The summed E-state index contributed by atoms with van der Waals surface area (Å²) in [7, 11) is 0. The van der Waals surface area contributed by atoms with Crippen LogP contribution >= 0.6 is 0 Å². The Balaban J connectivity index is 2.13. The topological polar surface area (TPSA) is 58.6 Å². The minimum absolute atomic E-state index is 0.203. The number of ether oxygens (including phenoxy) is 1. The van der Waals surface area contributed by atoms with Gasteiger partial charge in [-0.15, -0.1) is 0 Å². The molecule has 2 rings (SSSR count). The van der Waals surface area contributed by atoms with Crippen molar-refractivity contribution in [2.45, 2.75) is 32.2 Å². The van der Waals surface area contributed by atoms with Gasteiger partial charge in [-0.1, -0.05) is 0 Å². The molecule has 0 spiro atoms. The lowest BCUT2D eigenvalue weighted by atomic mass is 10.1. The Morgan fingerprint density at radius 1 is 1.29 bits per heavy atom. The van der Waals surface area contributed by atoms with Crippen LogP contribution in [-0.2, 0) is 20.5 Å². The highest BCUT2D eigenvalue weighted by Gasteiger charge is 2.35. The molecule has 0 radical (unpaired) electrons. The molecule has 1 aliphatic heterocycles. The lowest BCUT2D eigenvalue weighted by Crippen LogP contribution is -2.54. The number of anilines is 1. The number of rotatable bonds is 1. The molecule has 5 nitrogen and oxygen atoms in total. The molecule has 1 heterocycles. The van der Waals surface area contributed by atoms with Crippen LogP contribution in [0.1, 0.15) is 19.4 Å². The van der Waals surface area contributed by atoms with Crippen molar-refractivity contribution < 1.29 is 31.9 Å². The van der Waals surface area contributed by atoms with Crippen LogP contribution in [0.15, 0.2) is 18.2 Å². The SMILES string of the molecule is C[C@H]1OCCN(C(=O)C(=O)Nc2ccc(F)c(C(F)(F)F)c2)[C@H]1C. The van der Waals surface area contributed by atoms with Crippen LogP contribution in [0.2, 0.25) is 0 Å². The summed E-state index contributed by atoms with van der Waals surface area (Å²) in [5.41, 5.74) is -1.82. The predicted octanol–water partition coefficient (Wildman–Crippen LogP) is 2.42. The van der Waals surface area contributed by atoms with Gasteiger partial charge in [0.2, 0.25) is 0 Å². The molecular formula is C15H16F4N2O3. The Kier molecular flexibility index (Phi) is 5.12. The fourth-order valence-corrected chi connectivity index (χ4v) is 2.35. The van der Waals surface area contributed by atoms with Crippen molar-refractivity contribution in [3.05, 3.63) is 29.6 Å². The third kappa shape index (κ3) is 3.84. The third-order valence-electron chi connectivity index (χ3n) is 3.87. The maximum atomic E-state index is 13.2. The van der Waals surface area contributed by atoms with Gasteiger partial charge in [0.15, 0.2) is 0 Å². The second-order valence-electron chi connectivity index (χ2n) is 5.46. The summed E-state index contributed by atoms with van der Waals surface area (Å²) in [6.45, 7) is 3.92. The molecule has 1 aromatic rings. The highest BCUT2D eigenvalue weighted by molar-refractivity contribution is 6.39. The number of hydrogen-bond donors (Lipinski definition) is 1. The Hall–Kier alpha value is -2.16. The minimum Gasteiger partial charge on any atom is -0.375 e. The summed E-state index contributed by atoms with van der Waals surface area (Å²) in [4.78, 5) is 25.5. The van der Waals surface area contributed by atoms with Crippen LogP contribution in [0, 0.1) is 5.82 Å². The summed E-state index contributed by atoms with van der Waals surface area (Å²) in [5, 5.41) is 2.08. The zero-order valence-corrected chi connectivity index (χ0v) is 13.0. The van der Waals surface area contributed by atoms with E-state index in [4.69, 9.17) is 4.74 Å². The molecule has 2 atom stereocenters. The monoisotopic (exact) mass is 348 g/mol. The molecule has 1 N–H and O–H groups in total. The average molecular weight is 348 g/mol. The molecule has 1 saturated heterocycles. The van der Waals surface area contributed by atoms with Gasteiger partial charge in [-0.25, -0.2) is 4.39 Å². The Morgan fingerprint density at radius 3 is 2.58 bits per heavy atom. The smallest absolute Gasteiger partial charge is 0.375 e. The Labute approximate surface area is 135 Å². The second-order valence-corrected chi connectivity index (χ2v) is 5.46. The molecule has 0 bridgehead atoms. The molecule has 2 amide bonds. The first kappa shape index (κ1) is 18.2. The standard InChI is InChI=1S/C15H16F4N2O3/c1-8-9(2)24-6-5-21(8)14(23)13(22)20-10-3-4-12(16)11(7-10)15(17,18)19/h3-4,7-9H,5-6H2,1-2H3,(H,20,22)/t8-,9+/m0/s1. The Bertz CT molecular complexity index is 648. The first-order valence-corrected chi connectivity index (χ1v) is 7.21. The van der Waals surface area contributed by atoms with Gasteiger partial charge in [0.25, 0.3) is 0 Å². The number of benzene rings is 1. The van der Waals surface area contributed by atoms with E-state index in [-0.39, 0.29) is 31.0 Å². The number of carbonyl (C=O) groups excluding carboxylic acids is 2. The molecule has 132 valence electrons. The van der Waals surface area contributed by atoms with Crippen molar-refractivity contribution in [2.24, 2.45) is 0 Å². The van der Waals surface area contributed by atoms with Crippen molar-refractivity contribution in [3.8, 4) is 0 Å². The molecule has 0 aromatic heterocycles. The molecule has 9 heteroatoms. The van der Waals surface area contributed by atoms with Crippen LogP contribution in [0.25, 0.3) is 0 Å². The summed E-state index contributed by atoms with van der Waals surface area (Å²) in [6.07, 6.45) is -5.17. The summed E-state index contributed by atoms with van der Waals surface area (Å²) in [6, 6.07) is 1.64. The van der Waals surface area contributed by atoms with Gasteiger partial charge in [-0.3, -0.25) is 9.59 Å². The normalized spacial score (nSPS) is 21.5. The number of carbonyl (C=O) groups is 2. The number of amides is 2. The van der Waals surface area contributed by atoms with E-state index in [1.165, 1.54) is 4.90 Å². The van der Waals surface area contributed by atoms with E-state index in [9.17, 15) is 27.2 Å². The van der Waals surface area contributed by atoms with Gasteiger partial charge >= 0.3 is 18.0 Å². The van der Waals surface area contributed by atoms with Crippen LogP contribution in [-0.4, -0.2) is 42.0 Å². The molecule has 1 aliphatic rings. The number of nitrogens with zero attached hydrogens (tertiary/aromatic N) is 1. The average Bonchev–Trinajstić information content (AvgIpc) is 2.50. The van der Waals surface area contributed by atoms with Gasteiger partial charge in [-0.2, -0.15) is 13.2 Å². The van der Waals surface area contributed by atoms with E-state index in [0.717, 1.165) is 6.07 Å². The first-order valence-electron chi connectivity index (χ1n) is 7.21. The van der Waals surface area contributed by atoms with Gasteiger partial charge in [-0.05, 0) is 32.0 Å². The first-order chi connectivity index (χ1) is 11.1. The number of morpholine rings is 1. The van der Waals surface area contributed by atoms with E-state index >= 15 is 0 Å². The van der Waals surface area contributed by atoms with Crippen molar-refractivity contribution in [3.63, 3.8) is 0 Å². The van der Waals surface area contributed by atoms with Gasteiger partial charge in [0, 0.05) is 12.2 Å². The maximum absolute atomic E-state index is 13.2. The number of nitrogens with one attached hydrogen (secondary N) is 1. The Morgan fingerprint density at radius 2 is 1.96 bits per heavy atom. The molecule has 0 aliphatic carbocycles. The van der Waals surface area contributed by atoms with Crippen molar-refractivity contribution in [1.82, 2.24) is 4.90 Å². The van der Waals surface area contributed by atoms with Crippen molar-refractivity contribution >= 4 is 17.5 Å². The molecule has 0 unspecified atom stereocenters. The fraction of sp³-hybridized carbons (Fsp3) is 0.467. The van der Waals surface area contributed by atoms with Crippen LogP contribution in [0.5, 0.6) is 0 Å².